The summed E-state index contributed by atoms with van der Waals surface area (Å²) in [6, 6.07) is 4.27. The summed E-state index contributed by atoms with van der Waals surface area (Å²) in [5, 5.41) is 14.7. The molecule has 1 saturated heterocycles. The number of nitrogens with zero attached hydrogens (tertiary/aromatic N) is 7. The molecule has 12 nitrogen and oxygen atoms in total. The third-order valence-corrected chi connectivity index (χ3v) is 27.8. The number of imidazole rings is 1. The van der Waals surface area contributed by atoms with Gasteiger partial charge >= 0.3 is 234 Å². The molecule has 1 aliphatic heterocycles. The number of hydrogen-bond donors (Lipinski definition) is 0. The Kier molecular flexibility index (Phi) is 12.0. The number of carbonyl (C=O) groups excluding carboxylic acids is 2. The first-order chi connectivity index (χ1) is 21.3. The van der Waals surface area contributed by atoms with Crippen LogP contribution in [0.15, 0.2) is 41.9 Å². The molecule has 1 fully saturated rings. The molecule has 2 aromatic heterocycles. The molecule has 4 rings (SSSR count). The molecule has 1 aliphatic rings. The van der Waals surface area contributed by atoms with E-state index in [1.165, 1.54) is 83.9 Å². The average molecular weight is 730 g/mol. The van der Waals surface area contributed by atoms with Crippen molar-refractivity contribution in [3.63, 3.8) is 0 Å². The van der Waals surface area contributed by atoms with Crippen LogP contribution in [0.4, 0.5) is 10.5 Å². The van der Waals surface area contributed by atoms with Gasteiger partial charge in [-0.2, -0.15) is 0 Å². The van der Waals surface area contributed by atoms with Gasteiger partial charge in [-0.05, 0) is 0 Å². The summed E-state index contributed by atoms with van der Waals surface area (Å²) in [4.78, 5) is 47.2. The third kappa shape index (κ3) is 7.73. The molecule has 0 spiro atoms. The molecule has 0 unspecified atom stereocenters. The monoisotopic (exact) mass is 731 g/mol. The summed E-state index contributed by atoms with van der Waals surface area (Å²) in [5.41, 5.74) is 9.91. The number of thiazole rings is 1. The maximum atomic E-state index is 14.0. The van der Waals surface area contributed by atoms with Gasteiger partial charge in [0, 0.05) is 12.1 Å². The number of aromatic nitrogens is 2. The minimum atomic E-state index is -2.74. The van der Waals surface area contributed by atoms with Crippen LogP contribution in [0.1, 0.15) is 81.8 Å². The zero-order valence-corrected chi connectivity index (χ0v) is 29.4. The molecule has 3 aromatic rings. The van der Waals surface area contributed by atoms with E-state index in [0.717, 1.165) is 4.83 Å². The Morgan fingerprint density at radius 1 is 1.14 bits per heavy atom. The van der Waals surface area contributed by atoms with E-state index in [9.17, 15) is 19.7 Å². The third-order valence-electron chi connectivity index (χ3n) is 8.53. The average Bonchev–Trinajstić information content (AvgIpc) is 3.75. The van der Waals surface area contributed by atoms with Gasteiger partial charge in [0.05, 0.1) is 4.92 Å². The van der Waals surface area contributed by atoms with Crippen LogP contribution in [-0.2, 0) is 11.3 Å². The Morgan fingerprint density at radius 3 is 2.34 bits per heavy atom. The van der Waals surface area contributed by atoms with Gasteiger partial charge in [0.15, 0.2) is 0 Å². The fourth-order valence-corrected chi connectivity index (χ4v) is 26.1. The van der Waals surface area contributed by atoms with Crippen LogP contribution >= 0.6 is 11.3 Å². The number of Topliss-reactive ketones (excluding diaryl/α,β-unsaturated/α-hetero) is 1. The second kappa shape index (κ2) is 15.7. The normalized spacial score (nSPS) is 16.7. The minimum absolute atomic E-state index is 0.0524. The summed E-state index contributed by atoms with van der Waals surface area (Å²) < 4.78 is 12.9. The number of rotatable bonds is 16. The van der Waals surface area contributed by atoms with Gasteiger partial charge in [0.1, 0.15) is 0 Å². The molecule has 0 aliphatic carbocycles. The van der Waals surface area contributed by atoms with E-state index < -0.39 is 41.5 Å². The fraction of sp³-hybridized carbons (Fsp3) is 0.567. The molecule has 0 radical (unpaired) electrons. The van der Waals surface area contributed by atoms with Crippen molar-refractivity contribution in [3.05, 3.63) is 68.6 Å². The number of non-ortho nitro benzene ring substituents is 1. The number of ketones is 1. The molecule has 0 bridgehead atoms. The molecule has 3 heterocycles. The summed E-state index contributed by atoms with van der Waals surface area (Å²) in [7, 11) is 0. The summed E-state index contributed by atoms with van der Waals surface area (Å²) >= 11 is -1.03. The fourth-order valence-electron chi connectivity index (χ4n) is 6.02. The van der Waals surface area contributed by atoms with Crippen LogP contribution in [-0.4, -0.2) is 68.1 Å². The quantitative estimate of drug-likeness (QED) is 0.0281. The molecule has 236 valence electrons. The number of hydrogen-bond acceptors (Lipinski definition) is 8. The van der Waals surface area contributed by atoms with Crippen molar-refractivity contribution in [3.8, 4) is 0 Å². The Morgan fingerprint density at radius 2 is 1.77 bits per heavy atom. The van der Waals surface area contributed by atoms with Gasteiger partial charge in [-0.3, -0.25) is 10.1 Å². The number of azide groups is 1. The van der Waals surface area contributed by atoms with Crippen molar-refractivity contribution < 1.29 is 19.2 Å². The molecule has 1 aromatic carbocycles. The van der Waals surface area contributed by atoms with E-state index in [-0.39, 0.29) is 31.0 Å². The van der Waals surface area contributed by atoms with Gasteiger partial charge in [-0.25, -0.2) is 0 Å². The van der Waals surface area contributed by atoms with Crippen LogP contribution in [0, 0.1) is 10.1 Å². The van der Waals surface area contributed by atoms with Gasteiger partial charge in [0.25, 0.3) is 5.69 Å². The Balaban J connectivity index is 1.59. The first-order valence-electron chi connectivity index (χ1n) is 15.5. The van der Waals surface area contributed by atoms with E-state index in [1.54, 1.807) is 17.7 Å². The van der Waals surface area contributed by atoms with E-state index in [2.05, 4.69) is 42.0 Å². The molecular weight excluding hydrogens is 689 g/mol. The summed E-state index contributed by atoms with van der Waals surface area (Å²) in [6.45, 7) is 6.70. The standard InChI is InChI=1S/C18H14N7O5S.3C4H9.Sn/c19-22-21-12-7-14(16(26)15-17-23(10-20-15)5-6-31-17)24(8-12)18(27)30-9-11-1-3-13(4-2-11)25(28)29;3*1-3-4-2;/h1-5,10,12,14H,7-9H2;3*1,3-4H2,2H3;/t12-,14+;;;;/m1..../s1. The zero-order valence-electron chi connectivity index (χ0n) is 25.7. The second-order valence-corrected chi connectivity index (χ2v) is 26.8. The maximum absolute atomic E-state index is 14.0. The van der Waals surface area contributed by atoms with E-state index >= 15 is 0 Å². The van der Waals surface area contributed by atoms with Gasteiger partial charge in [-0.1, -0.05) is 0 Å². The summed E-state index contributed by atoms with van der Waals surface area (Å²) in [6.07, 6.45) is 10.6. The predicted octanol–water partition coefficient (Wildman–Crippen LogP) is 7.63. The first kappa shape index (κ1) is 33.7. The number of amides is 1. The van der Waals surface area contributed by atoms with Crippen LogP contribution in [0.3, 0.4) is 0 Å². The van der Waals surface area contributed by atoms with E-state index in [4.69, 9.17) is 10.3 Å². The number of unbranched alkanes of at least 4 members (excludes halogenated alkanes) is 3. The molecular formula is C30H41N7O5SSn. The number of carbonyl (C=O) groups is 2. The van der Waals surface area contributed by atoms with Crippen molar-refractivity contribution in [2.75, 3.05) is 6.54 Å². The molecule has 14 heteroatoms. The van der Waals surface area contributed by atoms with E-state index in [0.29, 0.717) is 11.3 Å². The number of likely N-dealkylation sites (tertiary alicyclic amines) is 1. The van der Waals surface area contributed by atoms with Crippen LogP contribution in [0.5, 0.6) is 0 Å². The van der Waals surface area contributed by atoms with E-state index in [1.807, 2.05) is 4.40 Å². The second-order valence-electron chi connectivity index (χ2n) is 11.6. The molecule has 2 atom stereocenters. The van der Waals surface area contributed by atoms with Crippen LogP contribution in [0.25, 0.3) is 15.3 Å². The topological polar surface area (TPSA) is 156 Å². The Labute approximate surface area is 265 Å². The molecule has 0 saturated carbocycles. The Bertz CT molecular complexity index is 1480. The molecule has 0 N–H and O–H groups in total. The van der Waals surface area contributed by atoms with Crippen molar-refractivity contribution in [1.29, 1.82) is 0 Å². The van der Waals surface area contributed by atoms with Gasteiger partial charge in [0.2, 0.25) is 0 Å². The number of ether oxygens (including phenoxy) is 1. The van der Waals surface area contributed by atoms with Crippen molar-refractivity contribution in [1.82, 2.24) is 14.3 Å². The van der Waals surface area contributed by atoms with Crippen molar-refractivity contribution in [2.24, 2.45) is 5.11 Å². The SMILES string of the molecule is CCC[CH2][Sn]([CH2]CCC)([CH2]CCC)[c]1cn2cnc(C(=O)[C@@H]3C[C@@H](N=[N+]=[N-])CN3C(=O)OCc3ccc([N+](=O)[O-])cc3)c2s1. The molecule has 1 amide bonds. The van der Waals surface area contributed by atoms with Crippen LogP contribution < -0.4 is 2.89 Å². The summed E-state index contributed by atoms with van der Waals surface area (Å²) in [5.74, 6) is -0.291. The molecule has 44 heavy (non-hydrogen) atoms. The number of benzene rings is 1. The van der Waals surface area contributed by atoms with Crippen molar-refractivity contribution in [2.45, 2.75) is 97.7 Å². The van der Waals surface area contributed by atoms with Gasteiger partial charge < -0.3 is 0 Å². The first-order valence-corrected chi connectivity index (χ1v) is 23.8. The van der Waals surface area contributed by atoms with Crippen LogP contribution in [0.2, 0.25) is 13.3 Å². The van der Waals surface area contributed by atoms with Crippen molar-refractivity contribution >= 4 is 55.0 Å². The number of fused-ring (bicyclic) bond motifs is 1. The Hall–Kier alpha value is -3.16. The number of nitro benzene ring substituents is 1. The zero-order chi connectivity index (χ0) is 31.7. The van der Waals surface area contributed by atoms with Gasteiger partial charge in [-0.15, -0.1) is 0 Å². The number of nitro groups is 1. The predicted molar refractivity (Wildman–Crippen MR) is 173 cm³/mol.